The van der Waals surface area contributed by atoms with Crippen molar-refractivity contribution in [3.8, 4) is 0 Å². The Balaban J connectivity index is 2.45. The van der Waals surface area contributed by atoms with E-state index in [0.29, 0.717) is 0 Å². The number of ether oxygens (including phenoxy) is 1. The van der Waals surface area contributed by atoms with Gasteiger partial charge >= 0.3 is 0 Å². The van der Waals surface area contributed by atoms with Crippen LogP contribution in [0.3, 0.4) is 0 Å². The lowest BCUT2D eigenvalue weighted by Crippen LogP contribution is -2.27. The van der Waals surface area contributed by atoms with Crippen LogP contribution in [0.25, 0.3) is 0 Å². The molecule has 0 aliphatic carbocycles. The zero-order valence-electron chi connectivity index (χ0n) is 13.6. The van der Waals surface area contributed by atoms with Gasteiger partial charge in [0, 0.05) is 13.7 Å². The first-order valence-corrected chi connectivity index (χ1v) is 7.87. The third-order valence-corrected chi connectivity index (χ3v) is 3.71. The second-order valence-corrected chi connectivity index (χ2v) is 6.22. The van der Waals surface area contributed by atoms with Gasteiger partial charge in [0.1, 0.15) is 0 Å². The van der Waals surface area contributed by atoms with Crippen LogP contribution in [0.1, 0.15) is 37.8 Å². The Bertz CT molecular complexity index is 345. The standard InChI is InChI=1S/C18H31NO/c1-15(2)5-8-18(14-19-11-12-20-4)13-17-9-6-16(3)7-10-17/h6-7,9-10,15,18-19H,5,8,11-14H2,1-4H3. The highest BCUT2D eigenvalue weighted by Crippen LogP contribution is 2.17. The van der Waals surface area contributed by atoms with Crippen LogP contribution in [0.4, 0.5) is 0 Å². The predicted molar refractivity (Wildman–Crippen MR) is 87.2 cm³/mol. The van der Waals surface area contributed by atoms with Crippen LogP contribution in [-0.4, -0.2) is 26.8 Å². The average Bonchev–Trinajstić information content (AvgIpc) is 2.43. The van der Waals surface area contributed by atoms with Crippen LogP contribution >= 0.6 is 0 Å². The average molecular weight is 277 g/mol. The van der Waals surface area contributed by atoms with E-state index in [9.17, 15) is 0 Å². The lowest BCUT2D eigenvalue weighted by Gasteiger charge is -2.19. The Kier molecular flexibility index (Phi) is 8.56. The van der Waals surface area contributed by atoms with Gasteiger partial charge in [-0.3, -0.25) is 0 Å². The zero-order valence-corrected chi connectivity index (χ0v) is 13.6. The summed E-state index contributed by atoms with van der Waals surface area (Å²) in [5.74, 6) is 1.51. The van der Waals surface area contributed by atoms with Gasteiger partial charge in [-0.2, -0.15) is 0 Å². The molecular formula is C18H31NO. The molecule has 1 rings (SSSR count). The van der Waals surface area contributed by atoms with Crippen molar-refractivity contribution >= 4 is 0 Å². The van der Waals surface area contributed by atoms with Crippen molar-refractivity contribution in [1.29, 1.82) is 0 Å². The summed E-state index contributed by atoms with van der Waals surface area (Å²) in [5, 5.41) is 3.52. The molecule has 1 N–H and O–H groups in total. The number of hydrogen-bond acceptors (Lipinski definition) is 2. The first kappa shape index (κ1) is 17.2. The van der Waals surface area contributed by atoms with Gasteiger partial charge in [-0.25, -0.2) is 0 Å². The van der Waals surface area contributed by atoms with Gasteiger partial charge in [0.05, 0.1) is 6.61 Å². The molecule has 1 atom stereocenters. The molecule has 2 nitrogen and oxygen atoms in total. The topological polar surface area (TPSA) is 21.3 Å². The second-order valence-electron chi connectivity index (χ2n) is 6.22. The van der Waals surface area contributed by atoms with Gasteiger partial charge in [-0.05, 0) is 43.7 Å². The Morgan fingerprint density at radius 1 is 1.10 bits per heavy atom. The van der Waals surface area contributed by atoms with Gasteiger partial charge in [-0.15, -0.1) is 0 Å². The number of nitrogens with one attached hydrogen (secondary N) is 1. The summed E-state index contributed by atoms with van der Waals surface area (Å²) in [4.78, 5) is 0. The molecule has 0 heterocycles. The maximum absolute atomic E-state index is 5.09. The maximum Gasteiger partial charge on any atom is 0.0587 e. The van der Waals surface area contributed by atoms with Crippen molar-refractivity contribution in [3.63, 3.8) is 0 Å². The molecule has 0 saturated carbocycles. The maximum atomic E-state index is 5.09. The van der Waals surface area contributed by atoms with Gasteiger partial charge in [0.15, 0.2) is 0 Å². The van der Waals surface area contributed by atoms with E-state index in [2.05, 4.69) is 50.4 Å². The molecule has 20 heavy (non-hydrogen) atoms. The quantitative estimate of drug-likeness (QED) is 0.656. The number of benzene rings is 1. The van der Waals surface area contributed by atoms with Crippen LogP contribution in [0.5, 0.6) is 0 Å². The molecule has 0 spiro atoms. The van der Waals surface area contributed by atoms with Gasteiger partial charge in [0.25, 0.3) is 0 Å². The van der Waals surface area contributed by atoms with E-state index in [1.54, 1.807) is 7.11 Å². The Labute approximate surface area is 124 Å². The van der Waals surface area contributed by atoms with Crippen molar-refractivity contribution < 1.29 is 4.74 Å². The molecule has 1 aromatic rings. The van der Waals surface area contributed by atoms with Gasteiger partial charge < -0.3 is 10.1 Å². The molecule has 1 unspecified atom stereocenters. The molecule has 0 aliphatic rings. The fourth-order valence-corrected chi connectivity index (χ4v) is 2.38. The molecular weight excluding hydrogens is 246 g/mol. The first-order valence-electron chi connectivity index (χ1n) is 7.87. The molecule has 0 aromatic heterocycles. The fourth-order valence-electron chi connectivity index (χ4n) is 2.38. The highest BCUT2D eigenvalue weighted by Gasteiger charge is 2.10. The predicted octanol–water partition coefficient (Wildman–Crippen LogP) is 3.83. The Morgan fingerprint density at radius 2 is 1.80 bits per heavy atom. The van der Waals surface area contributed by atoms with Crippen LogP contribution in [-0.2, 0) is 11.2 Å². The van der Waals surface area contributed by atoms with Crippen molar-refractivity contribution in [3.05, 3.63) is 35.4 Å². The summed E-state index contributed by atoms with van der Waals surface area (Å²) in [6.45, 7) is 9.59. The second kappa shape index (κ2) is 9.95. The summed E-state index contributed by atoms with van der Waals surface area (Å²) in [5.41, 5.74) is 2.79. The number of hydrogen-bond donors (Lipinski definition) is 1. The van der Waals surface area contributed by atoms with E-state index in [4.69, 9.17) is 4.74 Å². The van der Waals surface area contributed by atoms with Gasteiger partial charge in [0.2, 0.25) is 0 Å². The number of rotatable bonds is 10. The fraction of sp³-hybridized carbons (Fsp3) is 0.667. The molecule has 1 aromatic carbocycles. The van der Waals surface area contributed by atoms with Crippen molar-refractivity contribution in [2.24, 2.45) is 11.8 Å². The van der Waals surface area contributed by atoms with E-state index in [1.165, 1.54) is 30.4 Å². The summed E-state index contributed by atoms with van der Waals surface area (Å²) in [6, 6.07) is 8.97. The highest BCUT2D eigenvalue weighted by molar-refractivity contribution is 5.21. The third kappa shape index (κ3) is 7.66. The van der Waals surface area contributed by atoms with E-state index in [1.807, 2.05) is 0 Å². The molecule has 0 amide bonds. The van der Waals surface area contributed by atoms with Crippen molar-refractivity contribution in [1.82, 2.24) is 5.32 Å². The largest absolute Gasteiger partial charge is 0.383 e. The van der Waals surface area contributed by atoms with E-state index in [0.717, 1.165) is 31.5 Å². The molecule has 0 radical (unpaired) electrons. The zero-order chi connectivity index (χ0) is 14.8. The Morgan fingerprint density at radius 3 is 2.40 bits per heavy atom. The number of aryl methyl sites for hydroxylation is 1. The molecule has 2 heteroatoms. The summed E-state index contributed by atoms with van der Waals surface area (Å²) >= 11 is 0. The van der Waals surface area contributed by atoms with Crippen LogP contribution in [0.15, 0.2) is 24.3 Å². The molecule has 0 aliphatic heterocycles. The smallest absolute Gasteiger partial charge is 0.0587 e. The van der Waals surface area contributed by atoms with E-state index in [-0.39, 0.29) is 0 Å². The SMILES string of the molecule is COCCNCC(CCC(C)C)Cc1ccc(C)cc1. The van der Waals surface area contributed by atoms with Gasteiger partial charge in [-0.1, -0.05) is 50.1 Å². The summed E-state index contributed by atoms with van der Waals surface area (Å²) in [7, 11) is 1.75. The normalized spacial score (nSPS) is 12.8. The first-order chi connectivity index (χ1) is 9.61. The lowest BCUT2D eigenvalue weighted by atomic mass is 9.91. The minimum Gasteiger partial charge on any atom is -0.383 e. The molecule has 0 fully saturated rings. The van der Waals surface area contributed by atoms with Crippen LogP contribution in [0, 0.1) is 18.8 Å². The van der Waals surface area contributed by atoms with Crippen molar-refractivity contribution in [2.45, 2.75) is 40.0 Å². The van der Waals surface area contributed by atoms with Crippen LogP contribution in [0.2, 0.25) is 0 Å². The summed E-state index contributed by atoms with van der Waals surface area (Å²) < 4.78 is 5.09. The minimum atomic E-state index is 0.719. The summed E-state index contributed by atoms with van der Waals surface area (Å²) in [6.07, 6.45) is 3.78. The van der Waals surface area contributed by atoms with Crippen molar-refractivity contribution in [2.75, 3.05) is 26.8 Å². The van der Waals surface area contributed by atoms with E-state index < -0.39 is 0 Å². The lowest BCUT2D eigenvalue weighted by molar-refractivity contribution is 0.197. The highest BCUT2D eigenvalue weighted by atomic mass is 16.5. The third-order valence-electron chi connectivity index (χ3n) is 3.71. The Hall–Kier alpha value is -0.860. The van der Waals surface area contributed by atoms with Crippen LogP contribution < -0.4 is 5.32 Å². The molecule has 0 bridgehead atoms. The number of methoxy groups -OCH3 is 1. The molecule has 0 saturated heterocycles. The molecule has 114 valence electrons. The minimum absolute atomic E-state index is 0.719. The monoisotopic (exact) mass is 277 g/mol. The van der Waals surface area contributed by atoms with E-state index >= 15 is 0 Å².